The van der Waals surface area contributed by atoms with Crippen LogP contribution in [0, 0.1) is 0 Å². The lowest BCUT2D eigenvalue weighted by molar-refractivity contribution is 0.891. The molecule has 2 atom stereocenters. The molecule has 58 heavy (non-hydrogen) atoms. The first-order chi connectivity index (χ1) is 28.7. The predicted octanol–water partition coefficient (Wildman–Crippen LogP) is 14.1. The van der Waals surface area contributed by atoms with Crippen molar-refractivity contribution >= 4 is 60.8 Å². The largest absolute Gasteiger partial charge is 0.278 e. The minimum absolute atomic E-state index is 0.343. The molecule has 2 aliphatic rings. The molecule has 0 saturated heterocycles. The third-order valence-corrected chi connectivity index (χ3v) is 13.4. The van der Waals surface area contributed by atoms with Crippen molar-refractivity contribution in [3.05, 3.63) is 211 Å². The summed E-state index contributed by atoms with van der Waals surface area (Å²) in [6.07, 6.45) is 6.91. The van der Waals surface area contributed by atoms with Gasteiger partial charge in [0.05, 0.1) is 22.2 Å². The molecule has 4 heteroatoms. The number of hydrogen-bond acceptors (Lipinski definition) is 3. The summed E-state index contributed by atoms with van der Waals surface area (Å²) < 4.78 is 2.25. The summed E-state index contributed by atoms with van der Waals surface area (Å²) in [4.78, 5) is 12.0. The molecule has 2 aromatic heterocycles. The fourth-order valence-electron chi connectivity index (χ4n) is 9.23. The Morgan fingerprint density at radius 2 is 1.22 bits per heavy atom. The van der Waals surface area contributed by atoms with Gasteiger partial charge in [0.2, 0.25) is 5.95 Å². The average Bonchev–Trinajstić information content (AvgIpc) is 3.85. The van der Waals surface area contributed by atoms with Gasteiger partial charge < -0.3 is 0 Å². The molecule has 0 radical (unpaired) electrons. The average molecular weight is 758 g/mol. The van der Waals surface area contributed by atoms with Crippen molar-refractivity contribution in [2.45, 2.75) is 16.1 Å². The van der Waals surface area contributed by atoms with Crippen LogP contribution in [0.1, 0.15) is 17.0 Å². The number of aromatic nitrogens is 3. The fourth-order valence-corrected chi connectivity index (χ4v) is 10.7. The maximum Gasteiger partial charge on any atom is 0.235 e. The summed E-state index contributed by atoms with van der Waals surface area (Å²) >= 11 is 2.00. The normalized spacial score (nSPS) is 15.9. The lowest BCUT2D eigenvalue weighted by atomic mass is 9.85. The van der Waals surface area contributed by atoms with E-state index in [1.807, 2.05) is 11.8 Å². The van der Waals surface area contributed by atoms with Gasteiger partial charge in [0, 0.05) is 37.8 Å². The maximum absolute atomic E-state index is 5.39. The molecule has 2 unspecified atom stereocenters. The molecule has 0 saturated carbocycles. The van der Waals surface area contributed by atoms with E-state index in [4.69, 9.17) is 9.97 Å². The van der Waals surface area contributed by atoms with Crippen LogP contribution >= 0.6 is 11.8 Å². The molecular weight excluding hydrogens is 723 g/mol. The Morgan fingerprint density at radius 3 is 2.14 bits per heavy atom. The second-order valence-corrected chi connectivity index (χ2v) is 16.5. The van der Waals surface area contributed by atoms with Crippen LogP contribution in [0.5, 0.6) is 0 Å². The summed E-state index contributed by atoms with van der Waals surface area (Å²) in [5.74, 6) is 1.01. The first-order valence-corrected chi connectivity index (χ1v) is 20.8. The summed E-state index contributed by atoms with van der Waals surface area (Å²) in [6.45, 7) is 0. The summed E-state index contributed by atoms with van der Waals surface area (Å²) in [5, 5.41) is 6.26. The molecule has 272 valence electrons. The Morgan fingerprint density at radius 1 is 0.500 bits per heavy atom. The SMILES string of the molecule is C1=CC(c2ccc(-c3ccc4c(ccc5c4c4ccccc4n5-c4nc(-c5cccc(-c6ccccc6)c5)c5ccccc5n4)c3)cc2)C2Sc3ccccc3C2=C1. The van der Waals surface area contributed by atoms with Crippen LogP contribution in [0.3, 0.4) is 0 Å². The van der Waals surface area contributed by atoms with Crippen molar-refractivity contribution in [1.29, 1.82) is 0 Å². The highest BCUT2D eigenvalue weighted by molar-refractivity contribution is 8.01. The van der Waals surface area contributed by atoms with E-state index in [-0.39, 0.29) is 0 Å². The van der Waals surface area contributed by atoms with Crippen LogP contribution in [-0.4, -0.2) is 19.8 Å². The van der Waals surface area contributed by atoms with Gasteiger partial charge in [-0.25, -0.2) is 9.97 Å². The Bertz CT molecular complexity index is 3320. The van der Waals surface area contributed by atoms with Crippen LogP contribution in [0.2, 0.25) is 0 Å². The van der Waals surface area contributed by atoms with E-state index in [1.54, 1.807) is 0 Å². The van der Waals surface area contributed by atoms with Gasteiger partial charge in [0.15, 0.2) is 0 Å². The first-order valence-electron chi connectivity index (χ1n) is 19.9. The van der Waals surface area contributed by atoms with Gasteiger partial charge in [0.25, 0.3) is 0 Å². The van der Waals surface area contributed by atoms with E-state index in [2.05, 4.69) is 205 Å². The number of hydrogen-bond donors (Lipinski definition) is 0. The van der Waals surface area contributed by atoms with E-state index in [0.29, 0.717) is 17.1 Å². The predicted molar refractivity (Wildman–Crippen MR) is 244 cm³/mol. The minimum Gasteiger partial charge on any atom is -0.278 e. The molecule has 1 aliphatic carbocycles. The molecule has 3 heterocycles. The lowest BCUT2D eigenvalue weighted by Crippen LogP contribution is -2.14. The quantitative estimate of drug-likeness (QED) is 0.175. The molecule has 0 bridgehead atoms. The van der Waals surface area contributed by atoms with E-state index >= 15 is 0 Å². The topological polar surface area (TPSA) is 30.7 Å². The Hall–Kier alpha value is -7.01. The second kappa shape index (κ2) is 13.3. The standard InChI is InChI=1S/C54H35N3S/c1-2-12-34(13-3-1)37-14-10-15-40(33-37)52-45-17-4-7-21-47(45)55-54(56-52)57-48-22-8-5-18-46(48)51-41-30-28-38(32-39(41)29-31-49(51)57)35-24-26-36(27-25-35)42-19-11-20-44-43-16-6-9-23-50(43)58-53(42)44/h1-33,42,53H. The van der Waals surface area contributed by atoms with Crippen molar-refractivity contribution in [2.75, 3.05) is 0 Å². The number of para-hydroxylation sites is 2. The highest BCUT2D eigenvalue weighted by Crippen LogP contribution is 2.52. The number of rotatable bonds is 5. The molecule has 0 spiro atoms. The van der Waals surface area contributed by atoms with Crippen LogP contribution in [0.15, 0.2) is 205 Å². The fraction of sp³-hybridized carbons (Fsp3) is 0.0370. The highest BCUT2D eigenvalue weighted by Gasteiger charge is 2.34. The van der Waals surface area contributed by atoms with E-state index in [9.17, 15) is 0 Å². The number of nitrogens with zero attached hydrogens (tertiary/aromatic N) is 3. The van der Waals surface area contributed by atoms with Crippen molar-refractivity contribution in [2.24, 2.45) is 0 Å². The lowest BCUT2D eigenvalue weighted by Gasteiger charge is -2.24. The zero-order valence-corrected chi connectivity index (χ0v) is 32.3. The van der Waals surface area contributed by atoms with E-state index < -0.39 is 0 Å². The molecule has 8 aromatic carbocycles. The highest BCUT2D eigenvalue weighted by atomic mass is 32.2. The second-order valence-electron chi connectivity index (χ2n) is 15.3. The summed E-state index contributed by atoms with van der Waals surface area (Å²) in [6, 6.07) is 65.7. The molecule has 3 nitrogen and oxygen atoms in total. The zero-order valence-electron chi connectivity index (χ0n) is 31.5. The van der Waals surface area contributed by atoms with Gasteiger partial charge in [-0.2, -0.15) is 0 Å². The van der Waals surface area contributed by atoms with Gasteiger partial charge in [0.1, 0.15) is 0 Å². The van der Waals surface area contributed by atoms with E-state index in [0.717, 1.165) is 38.8 Å². The molecule has 10 aromatic rings. The van der Waals surface area contributed by atoms with E-state index in [1.165, 1.54) is 59.8 Å². The molecule has 0 amide bonds. The van der Waals surface area contributed by atoms with Crippen LogP contribution in [0.25, 0.3) is 88.5 Å². The van der Waals surface area contributed by atoms with Gasteiger partial charge >= 0.3 is 0 Å². The number of thioether (sulfide) groups is 1. The minimum atomic E-state index is 0.343. The molecule has 0 fully saturated rings. The smallest absolute Gasteiger partial charge is 0.235 e. The first kappa shape index (κ1) is 33.2. The van der Waals surface area contributed by atoms with Crippen LogP contribution < -0.4 is 0 Å². The van der Waals surface area contributed by atoms with Gasteiger partial charge in [-0.15, -0.1) is 11.8 Å². The third-order valence-electron chi connectivity index (χ3n) is 12.0. The summed E-state index contributed by atoms with van der Waals surface area (Å²) in [7, 11) is 0. The molecule has 12 rings (SSSR count). The zero-order chi connectivity index (χ0) is 38.2. The molecular formula is C54H35N3S. The Kier molecular flexibility index (Phi) is 7.60. The van der Waals surface area contributed by atoms with Crippen molar-refractivity contribution < 1.29 is 0 Å². The van der Waals surface area contributed by atoms with Crippen LogP contribution in [0.4, 0.5) is 0 Å². The number of benzene rings is 8. The Labute approximate surface area is 340 Å². The van der Waals surface area contributed by atoms with Gasteiger partial charge in [-0.1, -0.05) is 164 Å². The maximum atomic E-state index is 5.39. The van der Waals surface area contributed by atoms with Crippen molar-refractivity contribution in [3.8, 4) is 39.5 Å². The van der Waals surface area contributed by atoms with Crippen molar-refractivity contribution in [3.63, 3.8) is 0 Å². The number of allylic oxidation sites excluding steroid dienone is 3. The molecule has 1 aliphatic heterocycles. The molecule has 0 N–H and O–H groups in total. The van der Waals surface area contributed by atoms with Gasteiger partial charge in [-0.3, -0.25) is 4.57 Å². The van der Waals surface area contributed by atoms with Gasteiger partial charge in [-0.05, 0) is 86.1 Å². The van der Waals surface area contributed by atoms with Crippen LogP contribution in [-0.2, 0) is 0 Å². The summed E-state index contributed by atoms with van der Waals surface area (Å²) in [5.41, 5.74) is 14.0. The monoisotopic (exact) mass is 757 g/mol. The Balaban J connectivity index is 0.944. The number of fused-ring (bicyclic) bond motifs is 9. The van der Waals surface area contributed by atoms with Crippen molar-refractivity contribution in [1.82, 2.24) is 14.5 Å². The third kappa shape index (κ3) is 5.29.